The minimum atomic E-state index is -1.23. The number of aliphatic hydroxyl groups is 1. The highest BCUT2D eigenvalue weighted by Gasteiger charge is 2.33. The topological polar surface area (TPSA) is 67.2 Å². The summed E-state index contributed by atoms with van der Waals surface area (Å²) in [6, 6.07) is 7.58. The number of halogens is 1. The Morgan fingerprint density at radius 1 is 1.38 bits per heavy atom. The Bertz CT molecular complexity index is 697. The van der Waals surface area contributed by atoms with Gasteiger partial charge in [-0.25, -0.2) is 0 Å². The summed E-state index contributed by atoms with van der Waals surface area (Å²) < 4.78 is 1.56. The number of aliphatic hydroxyl groups excluding tert-OH is 1. The Morgan fingerprint density at radius 3 is 2.50 bits per heavy atom. The molecule has 0 aliphatic carbocycles. The van der Waals surface area contributed by atoms with Crippen LogP contribution in [0.1, 0.15) is 38.0 Å². The van der Waals surface area contributed by atoms with Crippen LogP contribution in [0.3, 0.4) is 0 Å². The van der Waals surface area contributed by atoms with Crippen LogP contribution in [0.25, 0.3) is 0 Å². The quantitative estimate of drug-likeness (QED) is 0.842. The van der Waals surface area contributed by atoms with E-state index in [9.17, 15) is 9.90 Å². The van der Waals surface area contributed by atoms with Crippen molar-refractivity contribution in [2.45, 2.75) is 38.8 Å². The van der Waals surface area contributed by atoms with Crippen molar-refractivity contribution in [1.29, 1.82) is 0 Å². The molecule has 2 N–H and O–H groups in total. The van der Waals surface area contributed by atoms with Gasteiger partial charge in [0.25, 0.3) is 5.91 Å². The number of hydrogen-bond donors (Lipinski definition) is 2. The fourth-order valence-corrected chi connectivity index (χ4v) is 2.63. The van der Waals surface area contributed by atoms with E-state index in [2.05, 4.69) is 10.4 Å². The third kappa shape index (κ3) is 4.36. The normalized spacial score (nSPS) is 15.1. The maximum Gasteiger partial charge on any atom is 0.254 e. The number of aryl methyl sites for hydroxylation is 1. The van der Waals surface area contributed by atoms with Crippen LogP contribution in [0.5, 0.6) is 0 Å². The van der Waals surface area contributed by atoms with Gasteiger partial charge in [-0.15, -0.1) is 0 Å². The number of amides is 1. The molecule has 2 atom stereocenters. The number of aromatic nitrogens is 2. The highest BCUT2D eigenvalue weighted by atomic mass is 35.5. The van der Waals surface area contributed by atoms with Crippen LogP contribution in [0.15, 0.2) is 36.7 Å². The molecule has 1 aromatic carbocycles. The van der Waals surface area contributed by atoms with Gasteiger partial charge in [-0.05, 0) is 37.0 Å². The predicted molar refractivity (Wildman–Crippen MR) is 94.7 cm³/mol. The number of hydrogen-bond acceptors (Lipinski definition) is 3. The summed E-state index contributed by atoms with van der Waals surface area (Å²) in [5.41, 5.74) is 1.06. The lowest BCUT2D eigenvalue weighted by molar-refractivity contribution is -0.132. The van der Waals surface area contributed by atoms with Gasteiger partial charge in [-0.1, -0.05) is 37.6 Å². The zero-order valence-corrected chi connectivity index (χ0v) is 15.2. The average molecular weight is 350 g/mol. The number of carbonyl (C=O) groups excluding carboxylic acids is 1. The highest BCUT2D eigenvalue weighted by molar-refractivity contribution is 6.30. The van der Waals surface area contributed by atoms with Crippen LogP contribution in [0, 0.1) is 5.92 Å². The Kier molecular flexibility index (Phi) is 5.67. The Balaban J connectivity index is 2.14. The van der Waals surface area contributed by atoms with E-state index in [0.717, 1.165) is 5.56 Å². The zero-order valence-electron chi connectivity index (χ0n) is 14.5. The Hall–Kier alpha value is -1.85. The smallest absolute Gasteiger partial charge is 0.254 e. The van der Waals surface area contributed by atoms with E-state index in [4.69, 9.17) is 11.6 Å². The average Bonchev–Trinajstić information content (AvgIpc) is 2.95. The Morgan fingerprint density at radius 2 is 2.00 bits per heavy atom. The second kappa shape index (κ2) is 7.36. The summed E-state index contributed by atoms with van der Waals surface area (Å²) in [5, 5.41) is 17.9. The molecule has 0 spiro atoms. The molecular formula is C18H24ClN3O2. The molecule has 1 heterocycles. The van der Waals surface area contributed by atoms with Crippen LogP contribution in [-0.4, -0.2) is 26.3 Å². The van der Waals surface area contributed by atoms with Gasteiger partial charge in [-0.2, -0.15) is 5.10 Å². The van der Waals surface area contributed by atoms with Crippen molar-refractivity contribution in [3.05, 3.63) is 52.8 Å². The van der Waals surface area contributed by atoms with Gasteiger partial charge in [0.05, 0.1) is 6.20 Å². The van der Waals surface area contributed by atoms with Crippen molar-refractivity contribution < 1.29 is 9.90 Å². The standard InChI is InChI=1S/C18H24ClN3O2/c1-12(2)18(3,9-13-5-7-15(19)8-6-13)21-17(24)16(23)14-10-20-22(4)11-14/h5-8,10-12,16,23H,9H2,1-4H3,(H,21,24)/t16-,18+/m1/s1. The van der Waals surface area contributed by atoms with E-state index in [1.165, 1.54) is 6.20 Å². The first-order valence-corrected chi connectivity index (χ1v) is 8.32. The summed E-state index contributed by atoms with van der Waals surface area (Å²) in [6.45, 7) is 6.08. The van der Waals surface area contributed by atoms with E-state index in [1.54, 1.807) is 17.9 Å². The Labute approximate surface area is 147 Å². The van der Waals surface area contributed by atoms with Crippen molar-refractivity contribution in [3.8, 4) is 0 Å². The summed E-state index contributed by atoms with van der Waals surface area (Å²) >= 11 is 5.93. The first kappa shape index (κ1) is 18.5. The fourth-order valence-electron chi connectivity index (χ4n) is 2.50. The second-order valence-corrected chi connectivity index (χ2v) is 7.15. The third-order valence-corrected chi connectivity index (χ3v) is 4.71. The van der Waals surface area contributed by atoms with Crippen molar-refractivity contribution in [1.82, 2.24) is 15.1 Å². The molecule has 2 rings (SSSR count). The van der Waals surface area contributed by atoms with Crippen molar-refractivity contribution in [3.63, 3.8) is 0 Å². The van der Waals surface area contributed by atoms with Gasteiger partial charge in [0.15, 0.2) is 6.10 Å². The van der Waals surface area contributed by atoms with Gasteiger partial charge in [0, 0.05) is 29.4 Å². The van der Waals surface area contributed by atoms with E-state index >= 15 is 0 Å². The third-order valence-electron chi connectivity index (χ3n) is 4.46. The van der Waals surface area contributed by atoms with Crippen LogP contribution in [-0.2, 0) is 18.3 Å². The fraction of sp³-hybridized carbons (Fsp3) is 0.444. The maximum atomic E-state index is 12.5. The van der Waals surface area contributed by atoms with Gasteiger partial charge in [0.2, 0.25) is 0 Å². The molecule has 0 aliphatic rings. The number of benzene rings is 1. The lowest BCUT2D eigenvalue weighted by Crippen LogP contribution is -2.53. The molecule has 0 aliphatic heterocycles. The number of nitrogens with one attached hydrogen (secondary N) is 1. The lowest BCUT2D eigenvalue weighted by atomic mass is 9.82. The lowest BCUT2D eigenvalue weighted by Gasteiger charge is -2.36. The second-order valence-electron chi connectivity index (χ2n) is 6.71. The minimum Gasteiger partial charge on any atom is -0.378 e. The van der Waals surface area contributed by atoms with Crippen LogP contribution >= 0.6 is 11.6 Å². The van der Waals surface area contributed by atoms with E-state index in [-0.39, 0.29) is 5.92 Å². The molecule has 0 saturated carbocycles. The first-order valence-electron chi connectivity index (χ1n) is 7.94. The molecular weight excluding hydrogens is 326 g/mol. The molecule has 5 nitrogen and oxygen atoms in total. The molecule has 0 radical (unpaired) electrons. The molecule has 130 valence electrons. The molecule has 0 unspecified atom stereocenters. The summed E-state index contributed by atoms with van der Waals surface area (Å²) in [7, 11) is 1.74. The number of nitrogens with zero attached hydrogens (tertiary/aromatic N) is 2. The molecule has 0 saturated heterocycles. The van der Waals surface area contributed by atoms with Gasteiger partial charge >= 0.3 is 0 Å². The van der Waals surface area contributed by atoms with Gasteiger partial charge < -0.3 is 10.4 Å². The van der Waals surface area contributed by atoms with E-state index < -0.39 is 17.6 Å². The van der Waals surface area contributed by atoms with Crippen molar-refractivity contribution in [2.24, 2.45) is 13.0 Å². The van der Waals surface area contributed by atoms with Crippen LogP contribution < -0.4 is 5.32 Å². The number of rotatable bonds is 6. The van der Waals surface area contributed by atoms with E-state index in [1.807, 2.05) is 45.0 Å². The monoisotopic (exact) mass is 349 g/mol. The largest absolute Gasteiger partial charge is 0.378 e. The van der Waals surface area contributed by atoms with E-state index in [0.29, 0.717) is 17.0 Å². The van der Waals surface area contributed by atoms with Crippen molar-refractivity contribution in [2.75, 3.05) is 0 Å². The first-order chi connectivity index (χ1) is 11.2. The summed E-state index contributed by atoms with van der Waals surface area (Å²) in [5.74, 6) is -0.244. The molecule has 0 bridgehead atoms. The molecule has 24 heavy (non-hydrogen) atoms. The molecule has 1 amide bonds. The molecule has 2 aromatic rings. The minimum absolute atomic E-state index is 0.179. The van der Waals surface area contributed by atoms with Crippen molar-refractivity contribution >= 4 is 17.5 Å². The predicted octanol–water partition coefficient (Wildman–Crippen LogP) is 2.88. The van der Waals surface area contributed by atoms with Gasteiger partial charge in [-0.3, -0.25) is 9.48 Å². The summed E-state index contributed by atoms with van der Waals surface area (Å²) in [6.07, 6.45) is 2.54. The highest BCUT2D eigenvalue weighted by Crippen LogP contribution is 2.24. The maximum absolute atomic E-state index is 12.5. The molecule has 0 fully saturated rings. The van der Waals surface area contributed by atoms with Crippen LogP contribution in [0.4, 0.5) is 0 Å². The SMILES string of the molecule is CC(C)[C@](C)(Cc1ccc(Cl)cc1)NC(=O)[C@H](O)c1cnn(C)c1. The molecule has 1 aromatic heterocycles. The summed E-state index contributed by atoms with van der Waals surface area (Å²) in [4.78, 5) is 12.5. The number of carbonyl (C=O) groups is 1. The molecule has 6 heteroatoms. The van der Waals surface area contributed by atoms with Gasteiger partial charge in [0.1, 0.15) is 0 Å². The zero-order chi connectivity index (χ0) is 17.9. The van der Waals surface area contributed by atoms with Crippen LogP contribution in [0.2, 0.25) is 5.02 Å².